The summed E-state index contributed by atoms with van der Waals surface area (Å²) in [5.41, 5.74) is 0.822. The van der Waals surface area contributed by atoms with E-state index in [1.54, 1.807) is 48.5 Å². The van der Waals surface area contributed by atoms with Crippen molar-refractivity contribution in [2.45, 2.75) is 18.8 Å². The second-order valence-corrected chi connectivity index (χ2v) is 4.71. The van der Waals surface area contributed by atoms with Crippen LogP contribution in [0.4, 0.5) is 4.39 Å². The fourth-order valence-electron chi connectivity index (χ4n) is 2.03. The van der Waals surface area contributed by atoms with Gasteiger partial charge in [0.2, 0.25) is 0 Å². The highest BCUT2D eigenvalue weighted by Gasteiger charge is 2.25. The molecule has 1 unspecified atom stereocenters. The summed E-state index contributed by atoms with van der Waals surface area (Å²) in [4.78, 5) is 11.8. The largest absolute Gasteiger partial charge is 0.467 e. The number of hydrogen-bond acceptors (Lipinski definition) is 4. The Kier molecular flexibility index (Phi) is 5.63. The van der Waals surface area contributed by atoms with Crippen LogP contribution in [0, 0.1) is 5.82 Å². The lowest BCUT2D eigenvalue weighted by atomic mass is 10.1. The van der Waals surface area contributed by atoms with Gasteiger partial charge in [-0.05, 0) is 11.6 Å². The van der Waals surface area contributed by atoms with Crippen LogP contribution in [0.1, 0.15) is 17.4 Å². The van der Waals surface area contributed by atoms with Crippen LogP contribution < -0.4 is 0 Å². The summed E-state index contributed by atoms with van der Waals surface area (Å²) in [7, 11) is 1.22. The molecule has 0 heterocycles. The van der Waals surface area contributed by atoms with Gasteiger partial charge >= 0.3 is 5.97 Å². The van der Waals surface area contributed by atoms with Crippen molar-refractivity contribution in [2.24, 2.45) is 0 Å². The van der Waals surface area contributed by atoms with Crippen LogP contribution in [0.3, 0.4) is 0 Å². The van der Waals surface area contributed by atoms with Gasteiger partial charge in [-0.15, -0.1) is 0 Å². The van der Waals surface area contributed by atoms with Crippen molar-refractivity contribution < 1.29 is 23.8 Å². The number of methoxy groups -OCH3 is 1. The van der Waals surface area contributed by atoms with Gasteiger partial charge in [0.15, 0.2) is 12.4 Å². The first-order valence-corrected chi connectivity index (χ1v) is 6.81. The van der Waals surface area contributed by atoms with Gasteiger partial charge in [0.1, 0.15) is 5.82 Å². The van der Waals surface area contributed by atoms with E-state index >= 15 is 0 Å². The van der Waals surface area contributed by atoms with E-state index in [9.17, 15) is 14.3 Å². The smallest absolute Gasteiger partial charge is 0.335 e. The summed E-state index contributed by atoms with van der Waals surface area (Å²) in [6, 6.07) is 14.7. The van der Waals surface area contributed by atoms with Crippen LogP contribution in [0.2, 0.25) is 0 Å². The zero-order chi connectivity index (χ0) is 15.9. The molecule has 0 aliphatic rings. The Hall–Kier alpha value is -2.24. The number of carbonyl (C=O) groups is 1. The lowest BCUT2D eigenvalue weighted by Crippen LogP contribution is -2.30. The minimum atomic E-state index is -1.29. The maximum atomic E-state index is 13.7. The molecule has 4 nitrogen and oxygen atoms in total. The molecule has 0 saturated heterocycles. The number of carbonyl (C=O) groups excluding carboxylic acids is 1. The Morgan fingerprint density at radius 1 is 1.14 bits per heavy atom. The van der Waals surface area contributed by atoms with E-state index in [2.05, 4.69) is 4.74 Å². The zero-order valence-electron chi connectivity index (χ0n) is 12.1. The zero-order valence-corrected chi connectivity index (χ0v) is 12.1. The number of hydrogen-bond donors (Lipinski definition) is 1. The highest BCUT2D eigenvalue weighted by atomic mass is 19.1. The number of rotatable bonds is 6. The van der Waals surface area contributed by atoms with Gasteiger partial charge in [-0.2, -0.15) is 0 Å². The predicted molar refractivity (Wildman–Crippen MR) is 78.4 cm³/mol. The molecular formula is C17H17FO4. The highest BCUT2D eigenvalue weighted by molar-refractivity contribution is 5.75. The predicted octanol–water partition coefficient (Wildman–Crippen LogP) is 2.62. The minimum Gasteiger partial charge on any atom is -0.467 e. The highest BCUT2D eigenvalue weighted by Crippen LogP contribution is 2.19. The molecule has 0 radical (unpaired) electrons. The Labute approximate surface area is 128 Å². The van der Waals surface area contributed by atoms with E-state index in [0.717, 1.165) is 0 Å². The molecule has 22 heavy (non-hydrogen) atoms. The Balaban J connectivity index is 2.13. The Morgan fingerprint density at radius 3 is 2.41 bits per heavy atom. The number of benzene rings is 2. The van der Waals surface area contributed by atoms with Crippen molar-refractivity contribution >= 4 is 5.97 Å². The van der Waals surface area contributed by atoms with Crippen molar-refractivity contribution in [1.82, 2.24) is 0 Å². The molecule has 0 saturated carbocycles. The Morgan fingerprint density at radius 2 is 1.77 bits per heavy atom. The first kappa shape index (κ1) is 16.1. The van der Waals surface area contributed by atoms with Crippen LogP contribution >= 0.6 is 0 Å². The van der Waals surface area contributed by atoms with E-state index in [1.165, 1.54) is 13.2 Å². The maximum absolute atomic E-state index is 13.7. The van der Waals surface area contributed by atoms with Crippen molar-refractivity contribution in [3.05, 3.63) is 71.5 Å². The van der Waals surface area contributed by atoms with Crippen molar-refractivity contribution in [1.29, 1.82) is 0 Å². The van der Waals surface area contributed by atoms with Gasteiger partial charge in [-0.1, -0.05) is 48.5 Å². The summed E-state index contributed by atoms with van der Waals surface area (Å²) in [6.45, 7) is 0. The molecule has 0 spiro atoms. The molecule has 0 aliphatic heterocycles. The van der Waals surface area contributed by atoms with Gasteiger partial charge in [0, 0.05) is 12.0 Å². The first-order valence-electron chi connectivity index (χ1n) is 6.81. The summed E-state index contributed by atoms with van der Waals surface area (Å²) in [5, 5.41) is 10.1. The van der Waals surface area contributed by atoms with Crippen molar-refractivity contribution in [3.8, 4) is 0 Å². The van der Waals surface area contributed by atoms with Gasteiger partial charge < -0.3 is 14.6 Å². The van der Waals surface area contributed by atoms with Crippen LogP contribution in [0.5, 0.6) is 0 Å². The van der Waals surface area contributed by atoms with E-state index < -0.39 is 24.2 Å². The second kappa shape index (κ2) is 7.68. The van der Waals surface area contributed by atoms with Crippen LogP contribution in [-0.4, -0.2) is 24.3 Å². The summed E-state index contributed by atoms with van der Waals surface area (Å²) in [5.74, 6) is -1.10. The topological polar surface area (TPSA) is 55.8 Å². The van der Waals surface area contributed by atoms with Crippen molar-refractivity contribution in [2.75, 3.05) is 7.11 Å². The minimum absolute atomic E-state index is 0.0246. The molecule has 0 amide bonds. The molecule has 2 aromatic carbocycles. The summed E-state index contributed by atoms with van der Waals surface area (Å²) >= 11 is 0. The third-order valence-electron chi connectivity index (χ3n) is 3.21. The van der Waals surface area contributed by atoms with E-state index in [4.69, 9.17) is 4.74 Å². The number of aliphatic hydroxyl groups is 1. The summed E-state index contributed by atoms with van der Waals surface area (Å²) < 4.78 is 23.7. The van der Waals surface area contributed by atoms with Crippen molar-refractivity contribution in [3.63, 3.8) is 0 Å². The number of halogens is 1. The van der Waals surface area contributed by atoms with E-state index in [-0.39, 0.29) is 6.42 Å². The number of ether oxygens (including phenoxy) is 2. The average Bonchev–Trinajstić information content (AvgIpc) is 2.56. The monoisotopic (exact) mass is 304 g/mol. The molecule has 5 heteroatoms. The molecule has 0 fully saturated rings. The normalized spacial score (nSPS) is 13.4. The molecule has 116 valence electrons. The maximum Gasteiger partial charge on any atom is 0.335 e. The summed E-state index contributed by atoms with van der Waals surface area (Å²) in [6.07, 6.45) is -2.42. The molecule has 1 N–H and O–H groups in total. The van der Waals surface area contributed by atoms with Crippen LogP contribution in [-0.2, 0) is 20.7 Å². The second-order valence-electron chi connectivity index (χ2n) is 4.71. The third kappa shape index (κ3) is 4.13. The molecule has 2 atom stereocenters. The molecule has 0 aliphatic carbocycles. The molecule has 0 bridgehead atoms. The quantitative estimate of drug-likeness (QED) is 0.658. The SMILES string of the molecule is COC(=O)[C@@H](Cc1ccccc1F)OC(O)c1ccccc1. The lowest BCUT2D eigenvalue weighted by molar-refractivity contribution is -0.179. The standard InChI is InChI=1S/C17H17FO4/c1-21-17(20)15(11-13-9-5-6-10-14(13)18)22-16(19)12-7-3-2-4-8-12/h2-10,15-16,19H,11H2,1H3/t15-,16?/m1/s1. The van der Waals surface area contributed by atoms with Gasteiger partial charge in [0.25, 0.3) is 0 Å². The van der Waals surface area contributed by atoms with E-state index in [0.29, 0.717) is 11.1 Å². The van der Waals surface area contributed by atoms with Crippen LogP contribution in [0.15, 0.2) is 54.6 Å². The average molecular weight is 304 g/mol. The molecule has 2 aromatic rings. The molecule has 2 rings (SSSR count). The van der Waals surface area contributed by atoms with Gasteiger partial charge in [-0.25, -0.2) is 9.18 Å². The van der Waals surface area contributed by atoms with Gasteiger partial charge in [-0.3, -0.25) is 0 Å². The third-order valence-corrected chi connectivity index (χ3v) is 3.21. The Bertz CT molecular complexity index is 615. The number of esters is 1. The lowest BCUT2D eigenvalue weighted by Gasteiger charge is -2.20. The first-order chi connectivity index (χ1) is 10.6. The fraction of sp³-hybridized carbons (Fsp3) is 0.235. The van der Waals surface area contributed by atoms with Crippen LogP contribution in [0.25, 0.3) is 0 Å². The van der Waals surface area contributed by atoms with E-state index in [1.807, 2.05) is 0 Å². The van der Waals surface area contributed by atoms with Gasteiger partial charge in [0.05, 0.1) is 7.11 Å². The number of aliphatic hydroxyl groups excluding tert-OH is 1. The fourth-order valence-corrected chi connectivity index (χ4v) is 2.03. The molecular weight excluding hydrogens is 287 g/mol. The molecule has 0 aromatic heterocycles.